The van der Waals surface area contributed by atoms with E-state index in [4.69, 9.17) is 16.7 Å². The van der Waals surface area contributed by atoms with Gasteiger partial charge in [0.2, 0.25) is 0 Å². The van der Waals surface area contributed by atoms with Crippen molar-refractivity contribution in [3.63, 3.8) is 0 Å². The third-order valence-corrected chi connectivity index (χ3v) is 6.11. The number of benzene rings is 1. The maximum absolute atomic E-state index is 12.5. The highest BCUT2D eigenvalue weighted by molar-refractivity contribution is 8.02. The first-order valence-electron chi connectivity index (χ1n) is 8.12. The van der Waals surface area contributed by atoms with Crippen molar-refractivity contribution in [2.24, 2.45) is 0 Å². The van der Waals surface area contributed by atoms with Crippen LogP contribution in [-0.2, 0) is 6.18 Å². The van der Waals surface area contributed by atoms with Crippen LogP contribution in [0.3, 0.4) is 0 Å². The van der Waals surface area contributed by atoms with Crippen molar-refractivity contribution in [3.8, 4) is 5.75 Å². The Morgan fingerprint density at radius 1 is 1.29 bits per heavy atom. The Hall–Kier alpha value is -1.62. The molecular formula is C17H18ClF3N2O3S2. The summed E-state index contributed by atoms with van der Waals surface area (Å²) in [5, 5.41) is 18.2. The summed E-state index contributed by atoms with van der Waals surface area (Å²) in [7, 11) is 2.17. The van der Waals surface area contributed by atoms with E-state index in [0.29, 0.717) is 4.21 Å². The lowest BCUT2D eigenvalue weighted by Gasteiger charge is -2.10. The second-order valence-electron chi connectivity index (χ2n) is 6.00. The molecule has 0 radical (unpaired) electrons. The van der Waals surface area contributed by atoms with E-state index in [0.717, 1.165) is 41.5 Å². The van der Waals surface area contributed by atoms with Crippen molar-refractivity contribution in [2.75, 3.05) is 24.9 Å². The van der Waals surface area contributed by atoms with Crippen LogP contribution >= 0.6 is 34.9 Å². The molecule has 2 aromatic rings. The molecule has 2 heterocycles. The van der Waals surface area contributed by atoms with E-state index in [-0.39, 0.29) is 15.6 Å². The summed E-state index contributed by atoms with van der Waals surface area (Å²) in [5.41, 5.74) is -0.946. The number of carboxylic acid groups (broad SMARTS) is 1. The third-order valence-electron chi connectivity index (χ3n) is 3.80. The first-order valence-corrected chi connectivity index (χ1v) is 10.1. The SMILES string of the molecule is CN1CCCC1.O=C(O)c1cc(SNc2ccc(C(F)(F)F)c(O)c2)sc1Cl. The zero-order valence-corrected chi connectivity index (χ0v) is 17.1. The highest BCUT2D eigenvalue weighted by Gasteiger charge is 2.33. The molecule has 154 valence electrons. The fourth-order valence-corrected chi connectivity index (χ4v) is 4.56. The number of rotatable bonds is 4. The molecule has 0 aliphatic carbocycles. The maximum Gasteiger partial charge on any atom is 0.419 e. The molecule has 0 unspecified atom stereocenters. The Morgan fingerprint density at radius 2 is 1.93 bits per heavy atom. The van der Waals surface area contributed by atoms with Crippen LogP contribution in [0.25, 0.3) is 0 Å². The first-order chi connectivity index (χ1) is 13.1. The molecule has 0 amide bonds. The van der Waals surface area contributed by atoms with E-state index >= 15 is 0 Å². The van der Waals surface area contributed by atoms with Gasteiger partial charge in [0.25, 0.3) is 0 Å². The summed E-state index contributed by atoms with van der Waals surface area (Å²) in [6.07, 6.45) is -1.81. The number of carboxylic acids is 1. The van der Waals surface area contributed by atoms with Gasteiger partial charge in [-0.1, -0.05) is 11.6 Å². The highest BCUT2D eigenvalue weighted by Crippen LogP contribution is 2.39. The van der Waals surface area contributed by atoms with E-state index in [1.807, 2.05) is 0 Å². The predicted molar refractivity (Wildman–Crippen MR) is 106 cm³/mol. The van der Waals surface area contributed by atoms with Crippen molar-refractivity contribution >= 4 is 46.5 Å². The van der Waals surface area contributed by atoms with Gasteiger partial charge in [0.05, 0.1) is 15.3 Å². The third kappa shape index (κ3) is 6.47. The fraction of sp³-hybridized carbons (Fsp3) is 0.353. The first kappa shape index (κ1) is 22.7. The number of hydrogen-bond donors (Lipinski definition) is 3. The van der Waals surface area contributed by atoms with E-state index < -0.39 is 23.5 Å². The molecule has 0 spiro atoms. The summed E-state index contributed by atoms with van der Waals surface area (Å²) in [6, 6.07) is 4.19. The van der Waals surface area contributed by atoms with E-state index in [1.54, 1.807) is 0 Å². The lowest BCUT2D eigenvalue weighted by atomic mass is 10.2. The summed E-state index contributed by atoms with van der Waals surface area (Å²) in [4.78, 5) is 13.2. The largest absolute Gasteiger partial charge is 0.507 e. The van der Waals surface area contributed by atoms with Crippen molar-refractivity contribution in [3.05, 3.63) is 39.7 Å². The number of nitrogens with one attached hydrogen (secondary N) is 1. The lowest BCUT2D eigenvalue weighted by Crippen LogP contribution is -2.10. The number of carbonyl (C=O) groups is 1. The average molecular weight is 455 g/mol. The van der Waals surface area contributed by atoms with Crippen LogP contribution < -0.4 is 4.72 Å². The minimum atomic E-state index is -4.63. The molecule has 0 saturated carbocycles. The van der Waals surface area contributed by atoms with Gasteiger partial charge in [0.1, 0.15) is 10.1 Å². The second kappa shape index (κ2) is 9.73. The number of aromatic carboxylic acids is 1. The number of likely N-dealkylation sites (tertiary alicyclic amines) is 1. The zero-order chi connectivity index (χ0) is 20.9. The Kier molecular flexibility index (Phi) is 7.87. The minimum absolute atomic E-state index is 0.0498. The Labute approximate surface area is 173 Å². The molecule has 11 heteroatoms. The van der Waals surface area contributed by atoms with Crippen LogP contribution in [0.2, 0.25) is 4.34 Å². The fourth-order valence-electron chi connectivity index (χ4n) is 2.36. The van der Waals surface area contributed by atoms with Crippen LogP contribution in [0, 0.1) is 0 Å². The van der Waals surface area contributed by atoms with Gasteiger partial charge in [-0.3, -0.25) is 0 Å². The monoisotopic (exact) mass is 454 g/mol. The number of alkyl halides is 3. The van der Waals surface area contributed by atoms with Crippen LogP contribution in [-0.4, -0.2) is 41.2 Å². The number of nitrogens with zero attached hydrogens (tertiary/aromatic N) is 1. The van der Waals surface area contributed by atoms with Gasteiger partial charge in [0, 0.05) is 11.8 Å². The molecular weight excluding hydrogens is 437 g/mol. The van der Waals surface area contributed by atoms with Gasteiger partial charge < -0.3 is 19.8 Å². The van der Waals surface area contributed by atoms with Crippen LogP contribution in [0.5, 0.6) is 5.75 Å². The predicted octanol–water partition coefficient (Wildman–Crippen LogP) is 5.66. The number of hydrogen-bond acceptors (Lipinski definition) is 6. The summed E-state index contributed by atoms with van der Waals surface area (Å²) >= 11 is 7.74. The Bertz CT molecular complexity index is 824. The average Bonchev–Trinajstić information content (AvgIpc) is 3.21. The Balaban J connectivity index is 0.000000397. The van der Waals surface area contributed by atoms with Gasteiger partial charge in [-0.05, 0) is 63.1 Å². The van der Waals surface area contributed by atoms with Crippen molar-refractivity contribution in [1.82, 2.24) is 4.90 Å². The summed E-state index contributed by atoms with van der Waals surface area (Å²) < 4.78 is 40.8. The van der Waals surface area contributed by atoms with Crippen LogP contribution in [0.15, 0.2) is 28.5 Å². The lowest BCUT2D eigenvalue weighted by molar-refractivity contribution is -0.138. The molecule has 0 bridgehead atoms. The van der Waals surface area contributed by atoms with Crippen LogP contribution in [0.1, 0.15) is 28.8 Å². The van der Waals surface area contributed by atoms with Gasteiger partial charge >= 0.3 is 12.1 Å². The smallest absolute Gasteiger partial charge is 0.419 e. The topological polar surface area (TPSA) is 72.8 Å². The Morgan fingerprint density at radius 3 is 2.36 bits per heavy atom. The van der Waals surface area contributed by atoms with Crippen molar-refractivity contribution in [2.45, 2.75) is 23.2 Å². The maximum atomic E-state index is 12.5. The summed E-state index contributed by atoms with van der Waals surface area (Å²) in [6.45, 7) is 2.64. The number of aromatic hydroxyl groups is 1. The number of phenols is 1. The number of halogens is 4. The minimum Gasteiger partial charge on any atom is -0.507 e. The molecule has 3 rings (SSSR count). The van der Waals surface area contributed by atoms with E-state index in [2.05, 4.69) is 16.7 Å². The molecule has 1 saturated heterocycles. The van der Waals surface area contributed by atoms with Gasteiger partial charge in [-0.15, -0.1) is 11.3 Å². The molecule has 5 nitrogen and oxygen atoms in total. The van der Waals surface area contributed by atoms with Crippen LogP contribution in [0.4, 0.5) is 18.9 Å². The summed E-state index contributed by atoms with van der Waals surface area (Å²) in [5.74, 6) is -2.06. The van der Waals surface area contributed by atoms with E-state index in [1.165, 1.54) is 32.0 Å². The molecule has 1 aliphatic rings. The standard InChI is InChI=1S/C12H7ClF3NO3S2.C5H11N/c13-10-6(11(19)20)4-9(21-10)22-17-5-1-2-7(8(18)3-5)12(14,15)16;1-6-4-2-3-5-6/h1-4,17-18H,(H,19,20);2-5H2,1H3. The zero-order valence-electron chi connectivity index (χ0n) is 14.7. The number of phenolic OH excluding ortho intramolecular Hbond substituents is 1. The highest BCUT2D eigenvalue weighted by atomic mass is 35.5. The number of thiophene rings is 1. The molecule has 3 N–H and O–H groups in total. The molecule has 0 atom stereocenters. The number of anilines is 1. The normalized spacial score (nSPS) is 14.5. The van der Waals surface area contributed by atoms with Crippen molar-refractivity contribution < 1.29 is 28.2 Å². The molecule has 28 heavy (non-hydrogen) atoms. The quantitative estimate of drug-likeness (QED) is 0.518. The van der Waals surface area contributed by atoms with Gasteiger partial charge in [-0.25, -0.2) is 4.79 Å². The second-order valence-corrected chi connectivity index (χ2v) is 8.76. The van der Waals surface area contributed by atoms with Crippen molar-refractivity contribution in [1.29, 1.82) is 0 Å². The molecule has 1 aromatic carbocycles. The van der Waals surface area contributed by atoms with Gasteiger partial charge in [-0.2, -0.15) is 13.2 Å². The molecule has 1 aliphatic heterocycles. The molecule has 1 aromatic heterocycles. The molecule has 1 fully saturated rings. The van der Waals surface area contributed by atoms with E-state index in [9.17, 15) is 23.1 Å². The van der Waals surface area contributed by atoms with Gasteiger partial charge in [0.15, 0.2) is 0 Å².